The van der Waals surface area contributed by atoms with Crippen molar-refractivity contribution in [2.45, 2.75) is 44.6 Å². The first-order chi connectivity index (χ1) is 22.8. The van der Waals surface area contributed by atoms with Crippen molar-refractivity contribution in [2.75, 3.05) is 36.4 Å². The fourth-order valence-electron chi connectivity index (χ4n) is 7.66. The van der Waals surface area contributed by atoms with Crippen LogP contribution in [0.2, 0.25) is 5.02 Å². The minimum Gasteiger partial charge on any atom is -0.369 e. The second-order valence-electron chi connectivity index (χ2n) is 13.2. The molecule has 4 heterocycles. The highest BCUT2D eigenvalue weighted by Crippen LogP contribution is 2.39. The Bertz CT molecular complexity index is 1830. The lowest BCUT2D eigenvalue weighted by atomic mass is 9.83. The number of amides is 2. The molecule has 0 saturated carbocycles. The molecule has 1 N–H and O–H groups in total. The Hall–Kier alpha value is -4.43. The number of hydrogen-bond donors (Lipinski definition) is 1. The summed E-state index contributed by atoms with van der Waals surface area (Å²) in [5.41, 5.74) is 4.33. The number of carbonyl (C=O) groups excluding carboxylic acids is 2. The Labute approximate surface area is 279 Å². The predicted molar refractivity (Wildman–Crippen MR) is 183 cm³/mol. The molecule has 3 aliphatic rings. The minimum atomic E-state index is -0.537. The van der Waals surface area contributed by atoms with E-state index < -0.39 is 11.7 Å². The first-order valence-corrected chi connectivity index (χ1v) is 16.8. The zero-order valence-corrected chi connectivity index (χ0v) is 27.0. The molecule has 1 aromatic heterocycles. The molecule has 2 unspecified atom stereocenters. The van der Waals surface area contributed by atoms with Crippen LogP contribution >= 0.6 is 11.6 Å². The van der Waals surface area contributed by atoms with Crippen LogP contribution in [0, 0.1) is 17.7 Å². The highest BCUT2D eigenvalue weighted by atomic mass is 35.5. The topological polar surface area (TPSA) is 74.7 Å². The van der Waals surface area contributed by atoms with Crippen molar-refractivity contribution in [1.29, 1.82) is 0 Å². The number of aromatic nitrogens is 1. The van der Waals surface area contributed by atoms with Gasteiger partial charge in [-0.15, -0.1) is 0 Å². The Balaban J connectivity index is 1.13. The smallest absolute Gasteiger partial charge is 0.253 e. The van der Waals surface area contributed by atoms with E-state index in [1.165, 1.54) is 17.7 Å². The fraction of sp³-hybridized carbons (Fsp3) is 0.342. The molecule has 2 bridgehead atoms. The molecule has 2 fully saturated rings. The minimum absolute atomic E-state index is 0.0253. The van der Waals surface area contributed by atoms with Crippen molar-refractivity contribution >= 4 is 34.8 Å². The zero-order chi connectivity index (χ0) is 32.5. The van der Waals surface area contributed by atoms with Crippen LogP contribution in [-0.4, -0.2) is 47.5 Å². The van der Waals surface area contributed by atoms with Crippen LogP contribution in [0.15, 0.2) is 89.7 Å². The molecule has 2 amide bonds. The normalized spacial score (nSPS) is 19.3. The summed E-state index contributed by atoms with van der Waals surface area (Å²) in [6.45, 7) is 3.39. The Morgan fingerprint density at radius 3 is 2.47 bits per heavy atom. The largest absolute Gasteiger partial charge is 0.369 e. The standard InChI is InChI=1S/C38H38ClFN4O3/c39-31-8-4-9-32(40)30(31)21-36(45)41-33-20-28(38(47)42-16-14-26(15-17-42)18-25-6-2-1-3-7-25)12-13-35(33)43-22-27-19-29(24-43)34-10-5-11-37(46)44(34)23-27/h1-13,20,26-27,29H,14-19,21-24H2,(H,41,45). The third-order valence-electron chi connectivity index (χ3n) is 10.0. The van der Waals surface area contributed by atoms with Gasteiger partial charge in [0.1, 0.15) is 5.82 Å². The van der Waals surface area contributed by atoms with Gasteiger partial charge in [0.25, 0.3) is 11.5 Å². The van der Waals surface area contributed by atoms with Gasteiger partial charge in [-0.3, -0.25) is 14.4 Å². The van der Waals surface area contributed by atoms with Crippen LogP contribution in [0.5, 0.6) is 0 Å². The van der Waals surface area contributed by atoms with Gasteiger partial charge < -0.3 is 19.7 Å². The van der Waals surface area contributed by atoms with Gasteiger partial charge >= 0.3 is 0 Å². The van der Waals surface area contributed by atoms with E-state index in [2.05, 4.69) is 34.5 Å². The summed E-state index contributed by atoms with van der Waals surface area (Å²) in [5.74, 6) is -0.0604. The predicted octanol–water partition coefficient (Wildman–Crippen LogP) is 6.54. The second-order valence-corrected chi connectivity index (χ2v) is 13.6. The number of benzene rings is 3. The molecule has 2 saturated heterocycles. The number of nitrogens with zero attached hydrogens (tertiary/aromatic N) is 3. The molecule has 0 radical (unpaired) electrons. The lowest BCUT2D eigenvalue weighted by molar-refractivity contribution is -0.115. The van der Waals surface area contributed by atoms with Crippen LogP contribution in [0.1, 0.15) is 52.4 Å². The van der Waals surface area contributed by atoms with Gasteiger partial charge in [0.05, 0.1) is 17.8 Å². The van der Waals surface area contributed by atoms with Gasteiger partial charge in [-0.2, -0.15) is 0 Å². The Morgan fingerprint density at radius 2 is 1.68 bits per heavy atom. The van der Waals surface area contributed by atoms with Gasteiger partial charge in [0.2, 0.25) is 5.91 Å². The van der Waals surface area contributed by atoms with E-state index in [0.29, 0.717) is 49.9 Å². The number of fused-ring (bicyclic) bond motifs is 4. The molecule has 4 aromatic rings. The zero-order valence-electron chi connectivity index (χ0n) is 26.2. The van der Waals surface area contributed by atoms with E-state index in [1.54, 1.807) is 18.2 Å². The van der Waals surface area contributed by atoms with Crippen LogP contribution in [0.3, 0.4) is 0 Å². The summed E-state index contributed by atoms with van der Waals surface area (Å²) in [6.07, 6.45) is 3.64. The number of carbonyl (C=O) groups is 2. The number of hydrogen-bond acceptors (Lipinski definition) is 4. The molecule has 7 nitrogen and oxygen atoms in total. The van der Waals surface area contributed by atoms with E-state index >= 15 is 0 Å². The van der Waals surface area contributed by atoms with E-state index in [1.807, 2.05) is 39.8 Å². The van der Waals surface area contributed by atoms with E-state index in [-0.39, 0.29) is 40.3 Å². The summed E-state index contributed by atoms with van der Waals surface area (Å²) in [6, 6.07) is 25.8. The third-order valence-corrected chi connectivity index (χ3v) is 10.4. The van der Waals surface area contributed by atoms with Crippen molar-refractivity contribution in [3.05, 3.63) is 129 Å². The van der Waals surface area contributed by atoms with Crippen molar-refractivity contribution < 1.29 is 14.0 Å². The van der Waals surface area contributed by atoms with Crippen LogP contribution in [0.4, 0.5) is 15.8 Å². The number of rotatable bonds is 7. The second kappa shape index (κ2) is 13.4. The van der Waals surface area contributed by atoms with E-state index in [9.17, 15) is 18.8 Å². The molecule has 2 atom stereocenters. The van der Waals surface area contributed by atoms with Gasteiger partial charge in [-0.05, 0) is 79.5 Å². The summed E-state index contributed by atoms with van der Waals surface area (Å²) in [4.78, 5) is 43.9. The molecule has 3 aromatic carbocycles. The number of nitrogens with one attached hydrogen (secondary N) is 1. The van der Waals surface area contributed by atoms with Gasteiger partial charge in [-0.1, -0.05) is 54.1 Å². The highest BCUT2D eigenvalue weighted by molar-refractivity contribution is 6.31. The molecule has 0 aliphatic carbocycles. The lowest BCUT2D eigenvalue weighted by Gasteiger charge is -2.44. The van der Waals surface area contributed by atoms with E-state index in [4.69, 9.17) is 11.6 Å². The SMILES string of the molecule is O=C(Cc1c(F)cccc1Cl)Nc1cc(C(=O)N2CCC(Cc3ccccc3)CC2)ccc1N1CC2CC(C1)c1cccc(=O)n1C2. The molecule has 7 rings (SSSR count). The number of halogens is 2. The fourth-order valence-corrected chi connectivity index (χ4v) is 7.89. The number of pyridine rings is 1. The first kappa shape index (κ1) is 31.2. The summed E-state index contributed by atoms with van der Waals surface area (Å²) >= 11 is 6.24. The molecule has 9 heteroatoms. The summed E-state index contributed by atoms with van der Waals surface area (Å²) in [7, 11) is 0. The van der Waals surface area contributed by atoms with Gasteiger partial charge in [-0.25, -0.2) is 4.39 Å². The van der Waals surface area contributed by atoms with Crippen LogP contribution < -0.4 is 15.8 Å². The molecule has 242 valence electrons. The Morgan fingerprint density at radius 1 is 0.894 bits per heavy atom. The number of anilines is 2. The molecular formula is C38H38ClFN4O3. The molecule has 0 spiro atoms. The summed E-state index contributed by atoms with van der Waals surface area (Å²) in [5, 5.41) is 3.20. The van der Waals surface area contributed by atoms with Crippen LogP contribution in [0.25, 0.3) is 0 Å². The lowest BCUT2D eigenvalue weighted by Crippen LogP contribution is -2.47. The van der Waals surface area contributed by atoms with Crippen molar-refractivity contribution in [2.24, 2.45) is 11.8 Å². The van der Waals surface area contributed by atoms with Crippen LogP contribution in [-0.2, 0) is 24.2 Å². The molecular weight excluding hydrogens is 615 g/mol. The van der Waals surface area contributed by atoms with Gasteiger partial charge in [0, 0.05) is 66.6 Å². The third kappa shape index (κ3) is 6.70. The maximum atomic E-state index is 14.6. The quantitative estimate of drug-likeness (QED) is 0.246. The Kier molecular flexibility index (Phi) is 8.86. The van der Waals surface area contributed by atoms with Crippen molar-refractivity contribution in [3.63, 3.8) is 0 Å². The summed E-state index contributed by atoms with van der Waals surface area (Å²) < 4.78 is 16.5. The number of likely N-dealkylation sites (tertiary alicyclic amines) is 1. The average molecular weight is 653 g/mol. The van der Waals surface area contributed by atoms with Gasteiger partial charge in [0.15, 0.2) is 0 Å². The highest BCUT2D eigenvalue weighted by Gasteiger charge is 2.35. The molecule has 47 heavy (non-hydrogen) atoms. The maximum Gasteiger partial charge on any atom is 0.253 e. The monoisotopic (exact) mass is 652 g/mol. The first-order valence-electron chi connectivity index (χ1n) is 16.5. The molecule has 3 aliphatic heterocycles. The average Bonchev–Trinajstić information content (AvgIpc) is 3.07. The maximum absolute atomic E-state index is 14.6. The van der Waals surface area contributed by atoms with Crippen molar-refractivity contribution in [1.82, 2.24) is 9.47 Å². The van der Waals surface area contributed by atoms with E-state index in [0.717, 1.165) is 37.1 Å². The number of piperidine rings is 2. The van der Waals surface area contributed by atoms with Crippen molar-refractivity contribution in [3.8, 4) is 0 Å².